The van der Waals surface area contributed by atoms with E-state index >= 15 is 0 Å². The van der Waals surface area contributed by atoms with Crippen LogP contribution in [0.4, 0.5) is 0 Å². The maximum Gasteiger partial charge on any atom is 0.365 e. The van der Waals surface area contributed by atoms with Crippen LogP contribution < -0.4 is 10.4 Å². The number of aromatic amines is 1. The van der Waals surface area contributed by atoms with E-state index in [9.17, 15) is 4.79 Å². The SMILES string of the molecule is CCOc1cccc(-n2nn[nH]c2=O)c1. The fraction of sp³-hybridized carbons (Fsp3) is 0.222. The first-order valence-electron chi connectivity index (χ1n) is 4.55. The minimum atomic E-state index is -0.372. The maximum absolute atomic E-state index is 11.2. The number of tetrazole rings is 1. The van der Waals surface area contributed by atoms with Gasteiger partial charge in [0.1, 0.15) is 5.75 Å². The molecule has 0 spiro atoms. The third-order valence-electron chi connectivity index (χ3n) is 1.85. The highest BCUT2D eigenvalue weighted by molar-refractivity contribution is 5.37. The Morgan fingerprint density at radius 2 is 2.40 bits per heavy atom. The molecule has 1 heterocycles. The fourth-order valence-electron chi connectivity index (χ4n) is 1.24. The van der Waals surface area contributed by atoms with Crippen LogP contribution in [0.2, 0.25) is 0 Å². The molecule has 78 valence electrons. The number of benzene rings is 1. The van der Waals surface area contributed by atoms with Crippen molar-refractivity contribution in [1.29, 1.82) is 0 Å². The lowest BCUT2D eigenvalue weighted by atomic mass is 10.3. The van der Waals surface area contributed by atoms with E-state index in [0.717, 1.165) is 0 Å². The highest BCUT2D eigenvalue weighted by atomic mass is 16.5. The molecule has 0 saturated heterocycles. The first-order chi connectivity index (χ1) is 7.31. The molecule has 0 fully saturated rings. The van der Waals surface area contributed by atoms with Crippen LogP contribution in [0.15, 0.2) is 29.1 Å². The molecule has 0 unspecified atom stereocenters. The number of rotatable bonds is 3. The quantitative estimate of drug-likeness (QED) is 0.786. The van der Waals surface area contributed by atoms with Gasteiger partial charge in [0, 0.05) is 6.07 Å². The van der Waals surface area contributed by atoms with Crippen LogP contribution >= 0.6 is 0 Å². The molecule has 0 saturated carbocycles. The minimum absolute atomic E-state index is 0.372. The lowest BCUT2D eigenvalue weighted by Gasteiger charge is -2.04. The lowest BCUT2D eigenvalue weighted by molar-refractivity contribution is 0.340. The van der Waals surface area contributed by atoms with E-state index in [1.165, 1.54) is 4.68 Å². The van der Waals surface area contributed by atoms with Crippen LogP contribution in [-0.4, -0.2) is 26.8 Å². The van der Waals surface area contributed by atoms with Crippen molar-refractivity contribution in [2.45, 2.75) is 6.92 Å². The van der Waals surface area contributed by atoms with Crippen molar-refractivity contribution < 1.29 is 4.74 Å². The van der Waals surface area contributed by atoms with Gasteiger partial charge in [0.15, 0.2) is 0 Å². The fourth-order valence-corrected chi connectivity index (χ4v) is 1.24. The number of nitrogens with one attached hydrogen (secondary N) is 1. The average molecular weight is 206 g/mol. The van der Waals surface area contributed by atoms with Crippen molar-refractivity contribution in [3.8, 4) is 11.4 Å². The van der Waals surface area contributed by atoms with Crippen molar-refractivity contribution in [2.75, 3.05) is 6.61 Å². The van der Waals surface area contributed by atoms with Crippen LogP contribution in [0.5, 0.6) is 5.75 Å². The Balaban J connectivity index is 2.41. The van der Waals surface area contributed by atoms with E-state index in [-0.39, 0.29) is 5.69 Å². The van der Waals surface area contributed by atoms with Crippen LogP contribution in [-0.2, 0) is 0 Å². The van der Waals surface area contributed by atoms with Gasteiger partial charge in [0.05, 0.1) is 12.3 Å². The number of nitrogens with zero attached hydrogens (tertiary/aromatic N) is 3. The van der Waals surface area contributed by atoms with Crippen molar-refractivity contribution in [3.05, 3.63) is 34.7 Å². The molecule has 0 radical (unpaired) electrons. The highest BCUT2D eigenvalue weighted by Gasteiger charge is 2.03. The summed E-state index contributed by atoms with van der Waals surface area (Å²) in [7, 11) is 0. The molecule has 2 rings (SSSR count). The summed E-state index contributed by atoms with van der Waals surface area (Å²) in [5.41, 5.74) is 0.253. The average Bonchev–Trinajstić information content (AvgIpc) is 2.65. The summed E-state index contributed by atoms with van der Waals surface area (Å²) in [5, 5.41) is 9.26. The number of hydrogen-bond donors (Lipinski definition) is 1. The van der Waals surface area contributed by atoms with Crippen molar-refractivity contribution in [2.24, 2.45) is 0 Å². The van der Waals surface area contributed by atoms with Crippen molar-refractivity contribution in [1.82, 2.24) is 20.2 Å². The Labute approximate surface area is 85.5 Å². The van der Waals surface area contributed by atoms with E-state index in [2.05, 4.69) is 15.5 Å². The summed E-state index contributed by atoms with van der Waals surface area (Å²) < 4.78 is 6.48. The standard InChI is InChI=1S/C9H10N4O2/c1-2-15-8-5-3-4-7(6-8)13-9(14)10-11-12-13/h3-6H,2H2,1H3,(H,10,12,14). The molecule has 15 heavy (non-hydrogen) atoms. The molecule has 0 aliphatic rings. The predicted molar refractivity (Wildman–Crippen MR) is 53.1 cm³/mol. The van der Waals surface area contributed by atoms with Crippen LogP contribution in [0, 0.1) is 0 Å². The van der Waals surface area contributed by atoms with Gasteiger partial charge in [-0.15, -0.1) is 0 Å². The second kappa shape index (κ2) is 3.95. The zero-order valence-electron chi connectivity index (χ0n) is 8.17. The minimum Gasteiger partial charge on any atom is -0.494 e. The molecule has 0 bridgehead atoms. The van der Waals surface area contributed by atoms with Gasteiger partial charge in [-0.25, -0.2) is 9.89 Å². The van der Waals surface area contributed by atoms with Crippen LogP contribution in [0.1, 0.15) is 6.92 Å². The van der Waals surface area contributed by atoms with E-state index in [1.807, 2.05) is 13.0 Å². The molecule has 6 nitrogen and oxygen atoms in total. The topological polar surface area (TPSA) is 72.8 Å². The van der Waals surface area contributed by atoms with E-state index in [4.69, 9.17) is 4.74 Å². The predicted octanol–water partition coefficient (Wildman–Crippen LogP) is 0.354. The summed E-state index contributed by atoms with van der Waals surface area (Å²) in [5.74, 6) is 0.699. The first kappa shape index (κ1) is 9.45. The summed E-state index contributed by atoms with van der Waals surface area (Å²) in [6.07, 6.45) is 0. The van der Waals surface area contributed by atoms with Gasteiger partial charge in [0.25, 0.3) is 0 Å². The highest BCUT2D eigenvalue weighted by Crippen LogP contribution is 2.14. The van der Waals surface area contributed by atoms with Crippen molar-refractivity contribution >= 4 is 0 Å². The third kappa shape index (κ3) is 1.88. The van der Waals surface area contributed by atoms with E-state index in [1.54, 1.807) is 18.2 Å². The van der Waals surface area contributed by atoms with Crippen molar-refractivity contribution in [3.63, 3.8) is 0 Å². The zero-order chi connectivity index (χ0) is 10.7. The van der Waals surface area contributed by atoms with Gasteiger partial charge in [-0.3, -0.25) is 0 Å². The number of H-pyrrole nitrogens is 1. The second-order valence-corrected chi connectivity index (χ2v) is 2.85. The Kier molecular flexibility index (Phi) is 2.49. The Bertz CT molecular complexity index is 503. The monoisotopic (exact) mass is 206 g/mol. The van der Waals surface area contributed by atoms with Gasteiger partial charge >= 0.3 is 5.69 Å². The Hall–Kier alpha value is -2.11. The van der Waals surface area contributed by atoms with Crippen LogP contribution in [0.25, 0.3) is 5.69 Å². The lowest BCUT2D eigenvalue weighted by Crippen LogP contribution is -2.15. The van der Waals surface area contributed by atoms with Gasteiger partial charge in [-0.1, -0.05) is 6.07 Å². The molecule has 0 aliphatic heterocycles. The smallest absolute Gasteiger partial charge is 0.365 e. The largest absolute Gasteiger partial charge is 0.494 e. The third-order valence-corrected chi connectivity index (χ3v) is 1.85. The van der Waals surface area contributed by atoms with Gasteiger partial charge in [-0.2, -0.15) is 4.68 Å². The molecule has 2 aromatic rings. The molecule has 1 aromatic heterocycles. The summed E-state index contributed by atoms with van der Waals surface area (Å²) in [4.78, 5) is 11.2. The molecule has 0 aliphatic carbocycles. The molecular formula is C9H10N4O2. The molecule has 6 heteroatoms. The maximum atomic E-state index is 11.2. The number of ether oxygens (including phenoxy) is 1. The summed E-state index contributed by atoms with van der Waals surface area (Å²) >= 11 is 0. The number of hydrogen-bond acceptors (Lipinski definition) is 4. The molecule has 1 N–H and O–H groups in total. The second-order valence-electron chi connectivity index (χ2n) is 2.85. The normalized spacial score (nSPS) is 10.2. The van der Waals surface area contributed by atoms with Crippen LogP contribution in [0.3, 0.4) is 0 Å². The number of aromatic nitrogens is 4. The summed E-state index contributed by atoms with van der Waals surface area (Å²) in [6, 6.07) is 7.10. The summed E-state index contributed by atoms with van der Waals surface area (Å²) in [6.45, 7) is 2.48. The Morgan fingerprint density at radius 1 is 1.53 bits per heavy atom. The Morgan fingerprint density at radius 3 is 3.07 bits per heavy atom. The molecule has 0 atom stereocenters. The van der Waals surface area contributed by atoms with E-state index < -0.39 is 0 Å². The van der Waals surface area contributed by atoms with Gasteiger partial charge in [0.2, 0.25) is 0 Å². The molecular weight excluding hydrogens is 196 g/mol. The van der Waals surface area contributed by atoms with E-state index in [0.29, 0.717) is 18.0 Å². The van der Waals surface area contributed by atoms with Gasteiger partial charge < -0.3 is 4.74 Å². The van der Waals surface area contributed by atoms with Gasteiger partial charge in [-0.05, 0) is 29.5 Å². The molecule has 0 amide bonds. The first-order valence-corrected chi connectivity index (χ1v) is 4.55. The zero-order valence-corrected chi connectivity index (χ0v) is 8.17. The molecule has 1 aromatic carbocycles.